The van der Waals surface area contributed by atoms with E-state index in [-0.39, 0.29) is 0 Å². The van der Waals surface area contributed by atoms with Crippen molar-refractivity contribution in [3.8, 4) is 5.75 Å². The van der Waals surface area contributed by atoms with E-state index in [4.69, 9.17) is 4.74 Å². The number of piperazine rings is 1. The van der Waals surface area contributed by atoms with E-state index in [1.807, 2.05) is 24.3 Å². The molecule has 0 unspecified atom stereocenters. The molecular formula is C15H22N2O2. The monoisotopic (exact) mass is 262 g/mol. The molecule has 0 aromatic heterocycles. The highest BCUT2D eigenvalue weighted by atomic mass is 16.5. The topological polar surface area (TPSA) is 32.8 Å². The van der Waals surface area contributed by atoms with Gasteiger partial charge < -0.3 is 14.4 Å². The Morgan fingerprint density at radius 3 is 2.47 bits per heavy atom. The molecule has 4 heteroatoms. The zero-order valence-corrected chi connectivity index (χ0v) is 11.5. The third kappa shape index (κ3) is 4.65. The maximum atomic E-state index is 10.4. The molecule has 1 aliphatic heterocycles. The van der Waals surface area contributed by atoms with Gasteiger partial charge in [-0.1, -0.05) is 12.1 Å². The Morgan fingerprint density at radius 1 is 1.16 bits per heavy atom. The molecule has 19 heavy (non-hydrogen) atoms. The number of likely N-dealkylation sites (N-methyl/N-ethyl adjacent to an activating group) is 1. The Morgan fingerprint density at radius 2 is 1.84 bits per heavy atom. The fraction of sp³-hybridized carbons (Fsp3) is 0.533. The molecule has 0 saturated carbocycles. The van der Waals surface area contributed by atoms with E-state index in [2.05, 4.69) is 16.8 Å². The van der Waals surface area contributed by atoms with Crippen molar-refractivity contribution in [1.82, 2.24) is 9.80 Å². The predicted molar refractivity (Wildman–Crippen MR) is 75.6 cm³/mol. The van der Waals surface area contributed by atoms with Crippen LogP contribution in [0, 0.1) is 0 Å². The summed E-state index contributed by atoms with van der Waals surface area (Å²) in [6.45, 7) is 6.22. The van der Waals surface area contributed by atoms with Gasteiger partial charge in [-0.2, -0.15) is 0 Å². The number of benzene rings is 1. The second-order valence-corrected chi connectivity index (χ2v) is 5.01. The van der Waals surface area contributed by atoms with Crippen molar-refractivity contribution in [2.75, 3.05) is 46.4 Å². The number of hydrogen-bond donors (Lipinski definition) is 0. The van der Waals surface area contributed by atoms with Gasteiger partial charge in [0.05, 0.1) is 0 Å². The quantitative estimate of drug-likeness (QED) is 0.718. The number of carbonyl (C=O) groups is 1. The van der Waals surface area contributed by atoms with Crippen LogP contribution in [0.3, 0.4) is 0 Å². The van der Waals surface area contributed by atoms with Crippen LogP contribution in [0.15, 0.2) is 24.3 Å². The first kappa shape index (κ1) is 14.0. The average molecular weight is 262 g/mol. The van der Waals surface area contributed by atoms with E-state index in [0.717, 1.165) is 56.9 Å². The summed E-state index contributed by atoms with van der Waals surface area (Å²) >= 11 is 0. The Kier molecular flexibility index (Phi) is 5.36. The predicted octanol–water partition coefficient (Wildman–Crippen LogP) is 1.05. The minimum absolute atomic E-state index is 0.474. The molecule has 104 valence electrons. The molecule has 4 nitrogen and oxygen atoms in total. The van der Waals surface area contributed by atoms with Crippen LogP contribution >= 0.6 is 0 Å². The van der Waals surface area contributed by atoms with E-state index in [1.165, 1.54) is 0 Å². The van der Waals surface area contributed by atoms with Gasteiger partial charge in [-0.25, -0.2) is 0 Å². The average Bonchev–Trinajstić information content (AvgIpc) is 2.43. The molecule has 1 fully saturated rings. The van der Waals surface area contributed by atoms with Gasteiger partial charge in [0.1, 0.15) is 18.6 Å². The summed E-state index contributed by atoms with van der Waals surface area (Å²) in [5.74, 6) is 0.878. The van der Waals surface area contributed by atoms with E-state index in [1.54, 1.807) is 0 Å². The summed E-state index contributed by atoms with van der Waals surface area (Å²) in [4.78, 5) is 15.2. The first-order valence-electron chi connectivity index (χ1n) is 6.84. The number of ether oxygens (including phenoxy) is 1. The molecule has 0 amide bonds. The van der Waals surface area contributed by atoms with Gasteiger partial charge in [0, 0.05) is 39.1 Å². The summed E-state index contributed by atoms with van der Waals surface area (Å²) in [5.41, 5.74) is 1.03. The van der Waals surface area contributed by atoms with E-state index < -0.39 is 0 Å². The molecular weight excluding hydrogens is 240 g/mol. The molecule has 1 saturated heterocycles. The largest absolute Gasteiger partial charge is 0.492 e. The second-order valence-electron chi connectivity index (χ2n) is 5.01. The number of carbonyl (C=O) groups excluding carboxylic acids is 1. The molecule has 0 radical (unpaired) electrons. The lowest BCUT2D eigenvalue weighted by atomic mass is 10.2. The normalized spacial score (nSPS) is 17.3. The second kappa shape index (κ2) is 7.26. The van der Waals surface area contributed by atoms with E-state index >= 15 is 0 Å². The molecule has 1 aromatic rings. The van der Waals surface area contributed by atoms with Gasteiger partial charge in [0.15, 0.2) is 0 Å². The van der Waals surface area contributed by atoms with E-state index in [9.17, 15) is 4.79 Å². The Bertz CT molecular complexity index is 384. The Balaban J connectivity index is 1.69. The molecule has 0 aliphatic carbocycles. The Labute approximate surface area is 115 Å². The van der Waals surface area contributed by atoms with Gasteiger partial charge in [-0.05, 0) is 24.7 Å². The SMILES string of the molecule is CN1CCN(CCOc2ccc(CC=O)cc2)CC1. The van der Waals surface area contributed by atoms with Gasteiger partial charge in [-0.15, -0.1) is 0 Å². The van der Waals surface area contributed by atoms with Crippen LogP contribution in [0.5, 0.6) is 5.75 Å². The number of nitrogens with zero attached hydrogens (tertiary/aromatic N) is 2. The maximum Gasteiger partial charge on any atom is 0.124 e. The number of hydrogen-bond acceptors (Lipinski definition) is 4. The van der Waals surface area contributed by atoms with Crippen molar-refractivity contribution in [1.29, 1.82) is 0 Å². The van der Waals surface area contributed by atoms with Crippen LogP contribution in [0.25, 0.3) is 0 Å². The maximum absolute atomic E-state index is 10.4. The minimum atomic E-state index is 0.474. The smallest absolute Gasteiger partial charge is 0.124 e. The standard InChI is InChI=1S/C15H22N2O2/c1-16-7-9-17(10-8-16)11-13-19-15-4-2-14(3-5-15)6-12-18/h2-5,12H,6-11,13H2,1H3. The third-order valence-electron chi connectivity index (χ3n) is 3.51. The molecule has 0 N–H and O–H groups in total. The van der Waals surface area contributed by atoms with Gasteiger partial charge in [0.2, 0.25) is 0 Å². The molecule has 1 aliphatic rings. The molecule has 0 bridgehead atoms. The molecule has 1 heterocycles. The summed E-state index contributed by atoms with van der Waals surface area (Å²) < 4.78 is 5.73. The molecule has 0 atom stereocenters. The lowest BCUT2D eigenvalue weighted by Gasteiger charge is -2.32. The zero-order chi connectivity index (χ0) is 13.5. The van der Waals surface area contributed by atoms with Crippen LogP contribution in [0.4, 0.5) is 0 Å². The highest BCUT2D eigenvalue weighted by Crippen LogP contribution is 2.12. The van der Waals surface area contributed by atoms with Crippen molar-refractivity contribution in [2.24, 2.45) is 0 Å². The summed E-state index contributed by atoms with van der Waals surface area (Å²) in [5, 5.41) is 0. The zero-order valence-electron chi connectivity index (χ0n) is 11.5. The van der Waals surface area contributed by atoms with Crippen molar-refractivity contribution in [3.05, 3.63) is 29.8 Å². The molecule has 1 aromatic carbocycles. The summed E-state index contributed by atoms with van der Waals surface area (Å²) in [6.07, 6.45) is 1.39. The molecule has 2 rings (SSSR count). The van der Waals surface area contributed by atoms with Crippen molar-refractivity contribution < 1.29 is 9.53 Å². The lowest BCUT2D eigenvalue weighted by molar-refractivity contribution is -0.107. The summed E-state index contributed by atoms with van der Waals surface area (Å²) in [7, 11) is 2.16. The van der Waals surface area contributed by atoms with Crippen molar-refractivity contribution in [3.63, 3.8) is 0 Å². The van der Waals surface area contributed by atoms with Crippen LogP contribution in [-0.4, -0.2) is 62.5 Å². The van der Waals surface area contributed by atoms with Crippen LogP contribution < -0.4 is 4.74 Å². The lowest BCUT2D eigenvalue weighted by Crippen LogP contribution is -2.45. The van der Waals surface area contributed by atoms with Gasteiger partial charge in [-0.3, -0.25) is 4.90 Å². The van der Waals surface area contributed by atoms with Crippen LogP contribution in [-0.2, 0) is 11.2 Å². The highest BCUT2D eigenvalue weighted by molar-refractivity contribution is 5.55. The van der Waals surface area contributed by atoms with Gasteiger partial charge in [0.25, 0.3) is 0 Å². The van der Waals surface area contributed by atoms with Crippen molar-refractivity contribution in [2.45, 2.75) is 6.42 Å². The van der Waals surface area contributed by atoms with Gasteiger partial charge >= 0.3 is 0 Å². The Hall–Kier alpha value is -1.39. The van der Waals surface area contributed by atoms with Crippen LogP contribution in [0.2, 0.25) is 0 Å². The third-order valence-corrected chi connectivity index (χ3v) is 3.51. The highest BCUT2D eigenvalue weighted by Gasteiger charge is 2.12. The van der Waals surface area contributed by atoms with Crippen LogP contribution in [0.1, 0.15) is 5.56 Å². The first-order chi connectivity index (χ1) is 9.28. The minimum Gasteiger partial charge on any atom is -0.492 e. The fourth-order valence-electron chi connectivity index (χ4n) is 2.18. The summed E-state index contributed by atoms with van der Waals surface area (Å²) in [6, 6.07) is 7.75. The number of aldehydes is 1. The van der Waals surface area contributed by atoms with Crippen molar-refractivity contribution >= 4 is 6.29 Å². The molecule has 0 spiro atoms. The fourth-order valence-corrected chi connectivity index (χ4v) is 2.18. The number of rotatable bonds is 6. The van der Waals surface area contributed by atoms with E-state index in [0.29, 0.717) is 6.42 Å². The first-order valence-corrected chi connectivity index (χ1v) is 6.84.